The Morgan fingerprint density at radius 2 is 2.08 bits per heavy atom. The fourth-order valence-electron chi connectivity index (χ4n) is 2.42. The van der Waals surface area contributed by atoms with E-state index in [1.54, 1.807) is 19.3 Å². The Balaban J connectivity index is 2.14. The topological polar surface area (TPSA) is 122 Å². The average molecular weight is 351 g/mol. The van der Waals surface area contributed by atoms with E-state index in [1.807, 2.05) is 38.3 Å². The van der Waals surface area contributed by atoms with Gasteiger partial charge in [-0.05, 0) is 35.8 Å². The number of nitrogens with one attached hydrogen (secondary N) is 5. The number of dihydropyridines is 2. The number of nitrogens with zero attached hydrogens (tertiary/aromatic N) is 1. The predicted octanol–water partition coefficient (Wildman–Crippen LogP) is 2.03. The molecule has 0 saturated heterocycles. The third-order valence-corrected chi connectivity index (χ3v) is 3.85. The van der Waals surface area contributed by atoms with Gasteiger partial charge in [-0.1, -0.05) is 13.8 Å². The zero-order valence-corrected chi connectivity index (χ0v) is 15.2. The van der Waals surface area contributed by atoms with E-state index in [9.17, 15) is 0 Å². The summed E-state index contributed by atoms with van der Waals surface area (Å²) in [6, 6.07) is 0. The molecule has 0 aliphatic carbocycles. The molecule has 0 fully saturated rings. The summed E-state index contributed by atoms with van der Waals surface area (Å²) in [5, 5.41) is 25.0. The van der Waals surface area contributed by atoms with Gasteiger partial charge in [-0.15, -0.1) is 0 Å². The Bertz CT molecular complexity index is 802. The van der Waals surface area contributed by atoms with Crippen molar-refractivity contribution >= 4 is 18.3 Å². The van der Waals surface area contributed by atoms with E-state index in [4.69, 9.17) is 16.6 Å². The monoisotopic (exact) mass is 351 g/mol. The molecule has 0 unspecified atom stereocenters. The van der Waals surface area contributed by atoms with Gasteiger partial charge in [-0.2, -0.15) is 0 Å². The minimum atomic E-state index is 0.189. The highest BCUT2D eigenvalue weighted by molar-refractivity contribution is 5.97. The SMILES string of the molecule is CN=CC(=CN)C1=CNC2=CC=C(NC(=N)C=C(C=N)C(C)C)NC2=C1. The normalized spacial score (nSPS) is 17.4. The van der Waals surface area contributed by atoms with Gasteiger partial charge in [0, 0.05) is 43.0 Å². The molecule has 0 atom stereocenters. The zero-order chi connectivity index (χ0) is 19.1. The van der Waals surface area contributed by atoms with E-state index in [2.05, 4.69) is 20.9 Å². The molecule has 0 aromatic heterocycles. The van der Waals surface area contributed by atoms with Crippen molar-refractivity contribution in [3.8, 4) is 0 Å². The molecule has 26 heavy (non-hydrogen) atoms. The van der Waals surface area contributed by atoms with Crippen LogP contribution >= 0.6 is 0 Å². The van der Waals surface area contributed by atoms with Crippen LogP contribution in [-0.2, 0) is 0 Å². The fourth-order valence-corrected chi connectivity index (χ4v) is 2.42. The Morgan fingerprint density at radius 3 is 2.69 bits per heavy atom. The Hall–Kier alpha value is -3.35. The van der Waals surface area contributed by atoms with Crippen LogP contribution in [0.15, 0.2) is 75.6 Å². The van der Waals surface area contributed by atoms with Crippen molar-refractivity contribution in [2.75, 3.05) is 7.05 Å². The van der Waals surface area contributed by atoms with Crippen LogP contribution in [0, 0.1) is 16.7 Å². The van der Waals surface area contributed by atoms with Crippen molar-refractivity contribution in [2.24, 2.45) is 16.6 Å². The Kier molecular flexibility index (Phi) is 6.32. The summed E-state index contributed by atoms with van der Waals surface area (Å²) in [4.78, 5) is 4.01. The molecule has 0 aromatic carbocycles. The lowest BCUT2D eigenvalue weighted by molar-refractivity contribution is 0.804. The molecule has 136 valence electrons. The van der Waals surface area contributed by atoms with Crippen LogP contribution in [0.2, 0.25) is 0 Å². The van der Waals surface area contributed by atoms with Crippen LogP contribution in [0.3, 0.4) is 0 Å². The first-order valence-electron chi connectivity index (χ1n) is 8.28. The van der Waals surface area contributed by atoms with Gasteiger partial charge in [0.05, 0.1) is 11.4 Å². The summed E-state index contributed by atoms with van der Waals surface area (Å²) >= 11 is 0. The molecule has 0 aromatic rings. The maximum absolute atomic E-state index is 8.09. The molecular formula is C19H25N7. The lowest BCUT2D eigenvalue weighted by Gasteiger charge is -2.25. The van der Waals surface area contributed by atoms with E-state index < -0.39 is 0 Å². The first-order valence-corrected chi connectivity index (χ1v) is 8.28. The zero-order valence-electron chi connectivity index (χ0n) is 15.2. The van der Waals surface area contributed by atoms with Crippen LogP contribution in [0.1, 0.15) is 13.8 Å². The second-order valence-electron chi connectivity index (χ2n) is 6.08. The molecule has 2 aliphatic rings. The molecule has 0 saturated carbocycles. The van der Waals surface area contributed by atoms with Crippen LogP contribution in [-0.4, -0.2) is 25.3 Å². The lowest BCUT2D eigenvalue weighted by atomic mass is 10.0. The second kappa shape index (κ2) is 8.66. The van der Waals surface area contributed by atoms with Gasteiger partial charge in [-0.25, -0.2) is 0 Å². The van der Waals surface area contributed by atoms with Gasteiger partial charge < -0.3 is 27.1 Å². The van der Waals surface area contributed by atoms with Gasteiger partial charge in [0.2, 0.25) is 0 Å². The number of rotatable bonds is 6. The molecule has 7 nitrogen and oxygen atoms in total. The molecule has 2 aliphatic heterocycles. The first-order chi connectivity index (χ1) is 12.5. The number of allylic oxidation sites excluding steroid dienone is 6. The van der Waals surface area contributed by atoms with Gasteiger partial charge in [0.15, 0.2) is 0 Å². The highest BCUT2D eigenvalue weighted by Gasteiger charge is 2.16. The number of nitrogens with two attached hydrogens (primary N) is 1. The van der Waals surface area contributed by atoms with Gasteiger partial charge in [0.25, 0.3) is 0 Å². The number of hydrogen-bond donors (Lipinski definition) is 6. The van der Waals surface area contributed by atoms with E-state index in [-0.39, 0.29) is 11.8 Å². The highest BCUT2D eigenvalue weighted by atomic mass is 15.1. The molecule has 0 radical (unpaired) electrons. The van der Waals surface area contributed by atoms with Gasteiger partial charge in [0.1, 0.15) is 11.7 Å². The minimum absolute atomic E-state index is 0.189. The maximum atomic E-state index is 8.09. The van der Waals surface area contributed by atoms with Crippen LogP contribution < -0.4 is 21.7 Å². The van der Waals surface area contributed by atoms with Crippen LogP contribution in [0.5, 0.6) is 0 Å². The fraction of sp³-hybridized carbons (Fsp3) is 0.211. The summed E-state index contributed by atoms with van der Waals surface area (Å²) in [7, 11) is 1.70. The van der Waals surface area contributed by atoms with Gasteiger partial charge in [-0.3, -0.25) is 10.4 Å². The molecular weight excluding hydrogens is 326 g/mol. The lowest BCUT2D eigenvalue weighted by Crippen LogP contribution is -2.34. The summed E-state index contributed by atoms with van der Waals surface area (Å²) in [5.41, 5.74) is 9.96. The van der Waals surface area contributed by atoms with Crippen molar-refractivity contribution in [1.82, 2.24) is 16.0 Å². The molecule has 2 heterocycles. The molecule has 0 spiro atoms. The van der Waals surface area contributed by atoms with E-state index in [1.165, 1.54) is 12.4 Å². The number of aliphatic imine (C=N–C) groups is 1. The second-order valence-corrected chi connectivity index (χ2v) is 6.08. The van der Waals surface area contributed by atoms with Crippen molar-refractivity contribution in [2.45, 2.75) is 13.8 Å². The minimum Gasteiger partial charge on any atom is -0.404 e. The summed E-state index contributed by atoms with van der Waals surface area (Å²) < 4.78 is 0. The van der Waals surface area contributed by atoms with Gasteiger partial charge >= 0.3 is 0 Å². The summed E-state index contributed by atoms with van der Waals surface area (Å²) in [6.45, 7) is 3.98. The molecule has 0 bridgehead atoms. The molecule has 0 amide bonds. The van der Waals surface area contributed by atoms with Crippen molar-refractivity contribution in [3.05, 3.63) is 70.6 Å². The van der Waals surface area contributed by atoms with E-state index >= 15 is 0 Å². The summed E-state index contributed by atoms with van der Waals surface area (Å²) in [6.07, 6.45) is 13.8. The number of hydrogen-bond acceptors (Lipinski definition) is 6. The molecule has 7 N–H and O–H groups in total. The molecule has 2 rings (SSSR count). The average Bonchev–Trinajstić information content (AvgIpc) is 2.63. The Morgan fingerprint density at radius 1 is 1.31 bits per heavy atom. The number of amidine groups is 1. The maximum Gasteiger partial charge on any atom is 0.123 e. The van der Waals surface area contributed by atoms with Crippen molar-refractivity contribution in [1.29, 1.82) is 10.8 Å². The molecule has 7 heteroatoms. The number of fused-ring (bicyclic) bond motifs is 1. The predicted molar refractivity (Wildman–Crippen MR) is 108 cm³/mol. The standard InChI is InChI=1S/C19H25N7/c1-12(2)13(8-20)7-18(22)26-19-5-4-16-17(25-19)6-14(11-24-16)15(9-21)10-23-3/h4-12,20,24-25H,21H2,1-3H3,(H2,22,26). The smallest absolute Gasteiger partial charge is 0.123 e. The van der Waals surface area contributed by atoms with Crippen LogP contribution in [0.4, 0.5) is 0 Å². The van der Waals surface area contributed by atoms with E-state index in [0.717, 1.165) is 28.1 Å². The van der Waals surface area contributed by atoms with Crippen molar-refractivity contribution < 1.29 is 0 Å². The Labute approximate surface area is 153 Å². The largest absolute Gasteiger partial charge is 0.404 e. The first kappa shape index (κ1) is 19.0. The third kappa shape index (κ3) is 4.60. The quantitative estimate of drug-likeness (QED) is 0.324. The van der Waals surface area contributed by atoms with Crippen molar-refractivity contribution in [3.63, 3.8) is 0 Å². The van der Waals surface area contributed by atoms with Crippen LogP contribution in [0.25, 0.3) is 0 Å². The summed E-state index contributed by atoms with van der Waals surface area (Å²) in [5.74, 6) is 1.09. The highest BCUT2D eigenvalue weighted by Crippen LogP contribution is 2.21. The third-order valence-electron chi connectivity index (χ3n) is 3.85. The van der Waals surface area contributed by atoms with E-state index in [0.29, 0.717) is 5.82 Å².